The van der Waals surface area contributed by atoms with Crippen molar-refractivity contribution in [2.24, 2.45) is 0 Å². The zero-order valence-corrected chi connectivity index (χ0v) is 12.0. The standard InChI is InChI=1S/C14H17ClF2N2O/c1-18-12-6-3-7-19(9-12)13(20)14(16,17)10-4-2-5-11(15)8-10/h2,4-5,8,12,18H,3,6-7,9H2,1H3. The first-order chi connectivity index (χ1) is 9.45. The van der Waals surface area contributed by atoms with Gasteiger partial charge in [0.25, 0.3) is 5.91 Å². The second-order valence-electron chi connectivity index (χ2n) is 4.96. The molecule has 1 fully saturated rings. The lowest BCUT2D eigenvalue weighted by molar-refractivity contribution is -0.160. The zero-order chi connectivity index (χ0) is 14.8. The Labute approximate surface area is 121 Å². The third-order valence-electron chi connectivity index (χ3n) is 3.57. The average Bonchev–Trinajstić information content (AvgIpc) is 2.46. The number of carbonyl (C=O) groups is 1. The molecule has 0 aromatic heterocycles. The molecule has 0 spiro atoms. The third kappa shape index (κ3) is 3.10. The van der Waals surface area contributed by atoms with Crippen molar-refractivity contribution in [3.05, 3.63) is 34.9 Å². The molecule has 1 saturated heterocycles. The number of piperidine rings is 1. The Morgan fingerprint density at radius 2 is 2.25 bits per heavy atom. The SMILES string of the molecule is CNC1CCCN(C(=O)C(F)(F)c2cccc(Cl)c2)C1. The fourth-order valence-electron chi connectivity index (χ4n) is 2.40. The van der Waals surface area contributed by atoms with Crippen LogP contribution in [0, 0.1) is 0 Å². The van der Waals surface area contributed by atoms with E-state index in [9.17, 15) is 13.6 Å². The van der Waals surface area contributed by atoms with Gasteiger partial charge in [0.1, 0.15) is 0 Å². The Kier molecular flexibility index (Phi) is 4.60. The third-order valence-corrected chi connectivity index (χ3v) is 3.81. The number of hydrogen-bond acceptors (Lipinski definition) is 2. The van der Waals surface area contributed by atoms with E-state index in [1.807, 2.05) is 0 Å². The summed E-state index contributed by atoms with van der Waals surface area (Å²) in [6.07, 6.45) is 1.62. The predicted octanol–water partition coefficient (Wildman–Crippen LogP) is 2.64. The summed E-state index contributed by atoms with van der Waals surface area (Å²) in [5, 5.41) is 3.23. The Morgan fingerprint density at radius 3 is 2.90 bits per heavy atom. The van der Waals surface area contributed by atoms with Gasteiger partial charge in [-0.25, -0.2) is 0 Å². The normalized spacial score (nSPS) is 20.0. The summed E-state index contributed by atoms with van der Waals surface area (Å²) < 4.78 is 28.5. The molecule has 1 aliphatic rings. The molecule has 1 amide bonds. The molecule has 110 valence electrons. The summed E-state index contributed by atoms with van der Waals surface area (Å²) in [6, 6.07) is 5.36. The van der Waals surface area contributed by atoms with Crippen molar-refractivity contribution in [3.63, 3.8) is 0 Å². The number of rotatable bonds is 3. The topological polar surface area (TPSA) is 32.3 Å². The molecule has 1 aromatic carbocycles. The lowest BCUT2D eigenvalue weighted by Crippen LogP contribution is -2.51. The largest absolute Gasteiger partial charge is 0.350 e. The number of likely N-dealkylation sites (N-methyl/N-ethyl adjacent to an activating group) is 1. The average molecular weight is 303 g/mol. The van der Waals surface area contributed by atoms with Crippen LogP contribution in [0.3, 0.4) is 0 Å². The minimum atomic E-state index is -3.54. The molecule has 0 saturated carbocycles. The predicted molar refractivity (Wildman–Crippen MR) is 74.0 cm³/mol. The van der Waals surface area contributed by atoms with Gasteiger partial charge in [-0.15, -0.1) is 0 Å². The molecular weight excluding hydrogens is 286 g/mol. The smallest absolute Gasteiger partial charge is 0.336 e. The van der Waals surface area contributed by atoms with Crippen LogP contribution in [0.1, 0.15) is 18.4 Å². The number of alkyl halides is 2. The van der Waals surface area contributed by atoms with Crippen LogP contribution < -0.4 is 5.32 Å². The molecule has 6 heteroatoms. The molecule has 0 radical (unpaired) electrons. The number of benzene rings is 1. The first-order valence-corrected chi connectivity index (χ1v) is 6.93. The van der Waals surface area contributed by atoms with Gasteiger partial charge in [-0.1, -0.05) is 23.7 Å². The molecule has 20 heavy (non-hydrogen) atoms. The molecule has 1 unspecified atom stereocenters. The molecule has 2 rings (SSSR count). The van der Waals surface area contributed by atoms with Crippen molar-refractivity contribution >= 4 is 17.5 Å². The van der Waals surface area contributed by atoms with Gasteiger partial charge in [0.15, 0.2) is 0 Å². The van der Waals surface area contributed by atoms with E-state index in [0.717, 1.165) is 18.9 Å². The van der Waals surface area contributed by atoms with Gasteiger partial charge in [-0.05, 0) is 32.0 Å². The quantitative estimate of drug-likeness (QED) is 0.931. The fraction of sp³-hybridized carbons (Fsp3) is 0.500. The van der Waals surface area contributed by atoms with E-state index >= 15 is 0 Å². The highest BCUT2D eigenvalue weighted by Gasteiger charge is 2.44. The second-order valence-corrected chi connectivity index (χ2v) is 5.40. The van der Waals surface area contributed by atoms with Crippen molar-refractivity contribution in [1.82, 2.24) is 10.2 Å². The van der Waals surface area contributed by atoms with Crippen LogP contribution in [0.2, 0.25) is 5.02 Å². The van der Waals surface area contributed by atoms with E-state index in [1.54, 1.807) is 7.05 Å². The van der Waals surface area contributed by atoms with E-state index in [1.165, 1.54) is 23.1 Å². The minimum absolute atomic E-state index is 0.0721. The molecule has 0 aliphatic carbocycles. The highest BCUT2D eigenvalue weighted by molar-refractivity contribution is 6.30. The van der Waals surface area contributed by atoms with Crippen molar-refractivity contribution in [2.75, 3.05) is 20.1 Å². The maximum absolute atomic E-state index is 14.3. The van der Waals surface area contributed by atoms with E-state index in [0.29, 0.717) is 13.1 Å². The summed E-state index contributed by atoms with van der Waals surface area (Å²) in [4.78, 5) is 13.3. The summed E-state index contributed by atoms with van der Waals surface area (Å²) in [6.45, 7) is 0.679. The number of halogens is 3. The Morgan fingerprint density at radius 1 is 1.50 bits per heavy atom. The molecular formula is C14H17ClF2N2O. The fourth-order valence-corrected chi connectivity index (χ4v) is 2.59. The number of nitrogens with one attached hydrogen (secondary N) is 1. The molecule has 3 nitrogen and oxygen atoms in total. The number of nitrogens with zero attached hydrogens (tertiary/aromatic N) is 1. The molecule has 0 bridgehead atoms. The summed E-state index contributed by atoms with van der Waals surface area (Å²) in [5.74, 6) is -4.69. The van der Waals surface area contributed by atoms with E-state index in [-0.39, 0.29) is 16.6 Å². The van der Waals surface area contributed by atoms with Crippen LogP contribution in [0.4, 0.5) is 8.78 Å². The van der Waals surface area contributed by atoms with Crippen LogP contribution in [0.25, 0.3) is 0 Å². The Balaban J connectivity index is 2.18. The Hall–Kier alpha value is -1.20. The summed E-state index contributed by atoms with van der Waals surface area (Å²) in [5.41, 5.74) is -0.360. The second kappa shape index (κ2) is 6.06. The maximum atomic E-state index is 14.3. The molecule has 1 atom stereocenters. The van der Waals surface area contributed by atoms with Crippen LogP contribution in [0.15, 0.2) is 24.3 Å². The van der Waals surface area contributed by atoms with Crippen molar-refractivity contribution in [2.45, 2.75) is 24.8 Å². The van der Waals surface area contributed by atoms with Gasteiger partial charge in [-0.2, -0.15) is 8.78 Å². The lowest BCUT2D eigenvalue weighted by Gasteiger charge is -2.34. The number of hydrogen-bond donors (Lipinski definition) is 1. The highest BCUT2D eigenvalue weighted by Crippen LogP contribution is 2.32. The van der Waals surface area contributed by atoms with Gasteiger partial charge in [0, 0.05) is 29.7 Å². The van der Waals surface area contributed by atoms with E-state index in [4.69, 9.17) is 11.6 Å². The van der Waals surface area contributed by atoms with Crippen molar-refractivity contribution < 1.29 is 13.6 Å². The van der Waals surface area contributed by atoms with E-state index < -0.39 is 11.8 Å². The van der Waals surface area contributed by atoms with Gasteiger partial charge in [-0.3, -0.25) is 4.79 Å². The van der Waals surface area contributed by atoms with Crippen molar-refractivity contribution in [3.8, 4) is 0 Å². The van der Waals surface area contributed by atoms with Gasteiger partial charge in [0.05, 0.1) is 0 Å². The molecule has 1 N–H and O–H groups in total. The molecule has 1 aliphatic heterocycles. The van der Waals surface area contributed by atoms with Crippen LogP contribution in [0.5, 0.6) is 0 Å². The zero-order valence-electron chi connectivity index (χ0n) is 11.2. The minimum Gasteiger partial charge on any atom is -0.336 e. The Bertz CT molecular complexity index is 496. The summed E-state index contributed by atoms with van der Waals surface area (Å²) >= 11 is 5.72. The van der Waals surface area contributed by atoms with Gasteiger partial charge < -0.3 is 10.2 Å². The maximum Gasteiger partial charge on any atom is 0.350 e. The van der Waals surface area contributed by atoms with Crippen LogP contribution in [-0.2, 0) is 10.7 Å². The van der Waals surface area contributed by atoms with E-state index in [2.05, 4.69) is 5.32 Å². The lowest BCUT2D eigenvalue weighted by atomic mass is 10.0. The number of carbonyl (C=O) groups excluding carboxylic acids is 1. The first-order valence-electron chi connectivity index (χ1n) is 6.55. The number of amides is 1. The number of likely N-dealkylation sites (tertiary alicyclic amines) is 1. The first kappa shape index (κ1) is 15.2. The van der Waals surface area contributed by atoms with Crippen LogP contribution in [-0.4, -0.2) is 37.0 Å². The summed E-state index contributed by atoms with van der Waals surface area (Å²) in [7, 11) is 1.77. The van der Waals surface area contributed by atoms with Gasteiger partial charge in [0.2, 0.25) is 0 Å². The van der Waals surface area contributed by atoms with Crippen LogP contribution >= 0.6 is 11.6 Å². The highest BCUT2D eigenvalue weighted by atomic mass is 35.5. The molecule has 1 heterocycles. The molecule has 1 aromatic rings. The van der Waals surface area contributed by atoms with Gasteiger partial charge >= 0.3 is 5.92 Å². The monoisotopic (exact) mass is 302 g/mol. The van der Waals surface area contributed by atoms with Crippen molar-refractivity contribution in [1.29, 1.82) is 0 Å².